The van der Waals surface area contributed by atoms with Gasteiger partial charge in [0, 0.05) is 0 Å². The average Bonchev–Trinajstić information content (AvgIpc) is 2.18. The summed E-state index contributed by atoms with van der Waals surface area (Å²) in [6.45, 7) is 5.55. The molecule has 1 aliphatic heterocycles. The highest BCUT2D eigenvalue weighted by Gasteiger charge is 2.50. The van der Waals surface area contributed by atoms with E-state index < -0.39 is 5.41 Å². The van der Waals surface area contributed by atoms with Crippen LogP contribution in [0.1, 0.15) is 27.2 Å². The second-order valence-corrected chi connectivity index (χ2v) is 4.28. The molecule has 1 atom stereocenters. The van der Waals surface area contributed by atoms with E-state index >= 15 is 0 Å². The Bertz CT molecular complexity index is 343. The third-order valence-electron chi connectivity index (χ3n) is 3.08. The molecular weight excluding hydrogens is 224 g/mol. The van der Waals surface area contributed by atoms with Gasteiger partial charge in [-0.05, 0) is 31.5 Å². The SMILES string of the molecule is C/C=C/[C@@H](C)C1(CC)C(=O)NC(=S)NC1=O. The molecular formula is C11H16N2O2S. The maximum atomic E-state index is 12.0. The van der Waals surface area contributed by atoms with Crippen molar-refractivity contribution in [2.45, 2.75) is 27.2 Å². The van der Waals surface area contributed by atoms with Crippen molar-refractivity contribution in [2.75, 3.05) is 0 Å². The lowest BCUT2D eigenvalue weighted by molar-refractivity contribution is -0.146. The fourth-order valence-corrected chi connectivity index (χ4v) is 2.26. The molecule has 0 aromatic heterocycles. The van der Waals surface area contributed by atoms with Crippen molar-refractivity contribution in [1.29, 1.82) is 0 Å². The Morgan fingerprint density at radius 1 is 1.38 bits per heavy atom. The van der Waals surface area contributed by atoms with E-state index in [9.17, 15) is 9.59 Å². The van der Waals surface area contributed by atoms with E-state index in [2.05, 4.69) is 10.6 Å². The monoisotopic (exact) mass is 240 g/mol. The zero-order valence-electron chi connectivity index (χ0n) is 9.66. The van der Waals surface area contributed by atoms with E-state index in [-0.39, 0.29) is 22.8 Å². The lowest BCUT2D eigenvalue weighted by Crippen LogP contribution is -2.64. The molecule has 0 aliphatic carbocycles. The van der Waals surface area contributed by atoms with Crippen molar-refractivity contribution in [3.05, 3.63) is 12.2 Å². The van der Waals surface area contributed by atoms with Gasteiger partial charge in [-0.1, -0.05) is 26.0 Å². The van der Waals surface area contributed by atoms with Crippen LogP contribution in [0.15, 0.2) is 12.2 Å². The molecule has 4 nitrogen and oxygen atoms in total. The zero-order valence-corrected chi connectivity index (χ0v) is 10.5. The number of carbonyl (C=O) groups excluding carboxylic acids is 2. The van der Waals surface area contributed by atoms with Crippen molar-refractivity contribution >= 4 is 29.1 Å². The van der Waals surface area contributed by atoms with Gasteiger partial charge in [0.1, 0.15) is 5.41 Å². The zero-order chi connectivity index (χ0) is 12.3. The van der Waals surface area contributed by atoms with Gasteiger partial charge in [-0.2, -0.15) is 0 Å². The molecule has 0 aromatic carbocycles. The number of amides is 2. The first kappa shape index (κ1) is 12.8. The van der Waals surface area contributed by atoms with Crippen molar-refractivity contribution in [3.8, 4) is 0 Å². The fourth-order valence-electron chi connectivity index (χ4n) is 2.07. The van der Waals surface area contributed by atoms with Gasteiger partial charge in [0.05, 0.1) is 0 Å². The van der Waals surface area contributed by atoms with E-state index in [4.69, 9.17) is 12.2 Å². The van der Waals surface area contributed by atoms with Gasteiger partial charge >= 0.3 is 0 Å². The van der Waals surface area contributed by atoms with Crippen LogP contribution in [-0.2, 0) is 9.59 Å². The highest BCUT2D eigenvalue weighted by molar-refractivity contribution is 7.80. The summed E-state index contributed by atoms with van der Waals surface area (Å²) < 4.78 is 0. The molecule has 0 unspecified atom stereocenters. The molecule has 16 heavy (non-hydrogen) atoms. The van der Waals surface area contributed by atoms with Crippen molar-refractivity contribution < 1.29 is 9.59 Å². The molecule has 0 bridgehead atoms. The lowest BCUT2D eigenvalue weighted by Gasteiger charge is -2.37. The lowest BCUT2D eigenvalue weighted by atomic mass is 9.71. The summed E-state index contributed by atoms with van der Waals surface area (Å²) in [5, 5.41) is 5.12. The maximum absolute atomic E-state index is 12.0. The van der Waals surface area contributed by atoms with Gasteiger partial charge in [-0.3, -0.25) is 9.59 Å². The van der Waals surface area contributed by atoms with Gasteiger partial charge in [-0.25, -0.2) is 0 Å². The predicted molar refractivity (Wildman–Crippen MR) is 65.6 cm³/mol. The summed E-state index contributed by atoms with van der Waals surface area (Å²) in [6, 6.07) is 0. The topological polar surface area (TPSA) is 58.2 Å². The van der Waals surface area contributed by atoms with E-state index in [1.807, 2.05) is 32.9 Å². The summed E-state index contributed by atoms with van der Waals surface area (Å²) >= 11 is 4.78. The molecule has 1 rings (SSSR count). The van der Waals surface area contributed by atoms with Crippen molar-refractivity contribution in [2.24, 2.45) is 11.3 Å². The van der Waals surface area contributed by atoms with Crippen LogP contribution in [0.4, 0.5) is 0 Å². The standard InChI is InChI=1S/C11H16N2O2S/c1-4-6-7(3)11(5-2)8(14)12-10(16)13-9(11)15/h4,6-7H,5H2,1-3H3,(H2,12,13,14,15,16)/b6-4+/t7-/m1/s1. The summed E-state index contributed by atoms with van der Waals surface area (Å²) in [4.78, 5) is 24.0. The van der Waals surface area contributed by atoms with Crippen LogP contribution in [0.2, 0.25) is 0 Å². The summed E-state index contributed by atoms with van der Waals surface area (Å²) in [6.07, 6.45) is 4.14. The Morgan fingerprint density at radius 2 is 1.88 bits per heavy atom. The second-order valence-electron chi connectivity index (χ2n) is 3.88. The first-order chi connectivity index (χ1) is 7.48. The quantitative estimate of drug-likeness (QED) is 0.441. The van der Waals surface area contributed by atoms with Crippen LogP contribution in [0, 0.1) is 11.3 Å². The molecule has 5 heteroatoms. The maximum Gasteiger partial charge on any atom is 0.242 e. The number of hydrogen-bond donors (Lipinski definition) is 2. The molecule has 2 amide bonds. The van der Waals surface area contributed by atoms with Gasteiger partial charge in [0.25, 0.3) is 0 Å². The minimum Gasteiger partial charge on any atom is -0.302 e. The normalized spacial score (nSPS) is 21.8. The summed E-state index contributed by atoms with van der Waals surface area (Å²) in [5.74, 6) is -0.783. The van der Waals surface area contributed by atoms with Gasteiger partial charge in [0.15, 0.2) is 5.11 Å². The first-order valence-corrected chi connectivity index (χ1v) is 5.69. The first-order valence-electron chi connectivity index (χ1n) is 5.28. The van der Waals surface area contributed by atoms with Crippen molar-refractivity contribution in [1.82, 2.24) is 10.6 Å². The molecule has 1 fully saturated rings. The fraction of sp³-hybridized carbons (Fsp3) is 0.545. The van der Waals surface area contributed by atoms with Crippen LogP contribution < -0.4 is 10.6 Å². The van der Waals surface area contributed by atoms with Crippen LogP contribution in [-0.4, -0.2) is 16.9 Å². The smallest absolute Gasteiger partial charge is 0.242 e. The van der Waals surface area contributed by atoms with Crippen LogP contribution >= 0.6 is 12.2 Å². The molecule has 1 saturated heterocycles. The van der Waals surface area contributed by atoms with E-state index in [1.165, 1.54) is 0 Å². The number of rotatable bonds is 3. The van der Waals surface area contributed by atoms with Gasteiger partial charge in [-0.15, -0.1) is 0 Å². The third kappa shape index (κ3) is 1.87. The Morgan fingerprint density at radius 3 is 2.25 bits per heavy atom. The van der Waals surface area contributed by atoms with Crippen LogP contribution in [0.25, 0.3) is 0 Å². The summed E-state index contributed by atoms with van der Waals surface area (Å²) in [5.41, 5.74) is -1.05. The van der Waals surface area contributed by atoms with Crippen LogP contribution in [0.5, 0.6) is 0 Å². The van der Waals surface area contributed by atoms with Crippen molar-refractivity contribution in [3.63, 3.8) is 0 Å². The number of nitrogens with one attached hydrogen (secondary N) is 2. The summed E-state index contributed by atoms with van der Waals surface area (Å²) in [7, 11) is 0. The minimum absolute atomic E-state index is 0.0896. The van der Waals surface area contributed by atoms with E-state index in [0.717, 1.165) is 0 Å². The predicted octanol–water partition coefficient (Wildman–Crippen LogP) is 1.13. The molecule has 1 heterocycles. The number of hydrogen-bond acceptors (Lipinski definition) is 3. The number of thiocarbonyl (C=S) groups is 1. The molecule has 2 N–H and O–H groups in total. The molecule has 1 aliphatic rings. The second kappa shape index (κ2) is 4.74. The Hall–Kier alpha value is -1.23. The average molecular weight is 240 g/mol. The number of allylic oxidation sites excluding steroid dienone is 2. The molecule has 0 spiro atoms. The Labute approximate surface area is 100 Å². The minimum atomic E-state index is -1.05. The molecule has 0 aromatic rings. The molecule has 0 saturated carbocycles. The highest BCUT2D eigenvalue weighted by Crippen LogP contribution is 2.34. The largest absolute Gasteiger partial charge is 0.302 e. The van der Waals surface area contributed by atoms with Gasteiger partial charge in [0.2, 0.25) is 11.8 Å². The molecule has 0 radical (unpaired) electrons. The van der Waals surface area contributed by atoms with Gasteiger partial charge < -0.3 is 10.6 Å². The van der Waals surface area contributed by atoms with E-state index in [1.54, 1.807) is 0 Å². The van der Waals surface area contributed by atoms with E-state index in [0.29, 0.717) is 6.42 Å². The van der Waals surface area contributed by atoms with Crippen LogP contribution in [0.3, 0.4) is 0 Å². The Kier molecular flexibility index (Phi) is 3.80. The number of carbonyl (C=O) groups is 2. The highest BCUT2D eigenvalue weighted by atomic mass is 32.1. The molecule has 88 valence electrons. The Balaban J connectivity index is 3.15. The third-order valence-corrected chi connectivity index (χ3v) is 3.28.